The van der Waals surface area contributed by atoms with E-state index in [0.29, 0.717) is 0 Å². The first-order valence-electron chi connectivity index (χ1n) is 4.94. The van der Waals surface area contributed by atoms with Gasteiger partial charge in [0, 0.05) is 0 Å². The van der Waals surface area contributed by atoms with Crippen LogP contribution >= 0.6 is 0 Å². The molecule has 3 atom stereocenters. The predicted molar refractivity (Wildman–Crippen MR) is 49.6 cm³/mol. The highest BCUT2D eigenvalue weighted by molar-refractivity contribution is 4.87. The first-order valence-corrected chi connectivity index (χ1v) is 4.94. The van der Waals surface area contributed by atoms with Crippen molar-refractivity contribution in [1.82, 2.24) is 5.32 Å². The van der Waals surface area contributed by atoms with Crippen LogP contribution in [0.4, 0.5) is 0 Å². The van der Waals surface area contributed by atoms with Gasteiger partial charge >= 0.3 is 0 Å². The van der Waals surface area contributed by atoms with Crippen LogP contribution in [0.5, 0.6) is 0 Å². The third kappa shape index (κ3) is 2.48. The van der Waals surface area contributed by atoms with E-state index >= 15 is 0 Å². The van der Waals surface area contributed by atoms with Crippen molar-refractivity contribution in [3.63, 3.8) is 0 Å². The van der Waals surface area contributed by atoms with Crippen molar-refractivity contribution >= 4 is 0 Å². The summed E-state index contributed by atoms with van der Waals surface area (Å²) in [6.07, 6.45) is 4.24. The van der Waals surface area contributed by atoms with Gasteiger partial charge in [0.15, 0.2) is 0 Å². The lowest BCUT2D eigenvalue weighted by Crippen LogP contribution is -2.14. The minimum absolute atomic E-state index is 0.998. The molecule has 0 radical (unpaired) electrons. The zero-order chi connectivity index (χ0) is 8.27. The van der Waals surface area contributed by atoms with Gasteiger partial charge in [0.1, 0.15) is 0 Å². The van der Waals surface area contributed by atoms with Crippen LogP contribution < -0.4 is 5.32 Å². The zero-order valence-corrected chi connectivity index (χ0v) is 8.06. The second-order valence-corrected chi connectivity index (χ2v) is 3.94. The van der Waals surface area contributed by atoms with E-state index in [4.69, 9.17) is 0 Å². The molecule has 1 saturated carbocycles. The van der Waals surface area contributed by atoms with Crippen LogP contribution in [-0.4, -0.2) is 13.6 Å². The average molecular weight is 155 g/mol. The Morgan fingerprint density at radius 1 is 1.55 bits per heavy atom. The predicted octanol–water partition coefficient (Wildman–Crippen LogP) is 2.28. The van der Waals surface area contributed by atoms with Crippen LogP contribution in [0, 0.1) is 17.8 Å². The highest BCUT2D eigenvalue weighted by atomic mass is 14.8. The van der Waals surface area contributed by atoms with Crippen molar-refractivity contribution in [3.05, 3.63) is 0 Å². The first-order chi connectivity index (χ1) is 5.29. The third-order valence-electron chi connectivity index (χ3n) is 3.07. The van der Waals surface area contributed by atoms with E-state index in [2.05, 4.69) is 19.2 Å². The van der Waals surface area contributed by atoms with E-state index in [1.807, 2.05) is 7.05 Å². The van der Waals surface area contributed by atoms with Crippen molar-refractivity contribution in [1.29, 1.82) is 0 Å². The van der Waals surface area contributed by atoms with E-state index in [1.54, 1.807) is 0 Å². The Bertz CT molecular complexity index is 111. The Balaban J connectivity index is 2.15. The smallest absolute Gasteiger partial charge is 0.00492 e. The molecular weight excluding hydrogens is 134 g/mol. The number of hydrogen-bond acceptors (Lipinski definition) is 1. The Kier molecular flexibility index (Phi) is 3.38. The van der Waals surface area contributed by atoms with E-state index in [0.717, 1.165) is 17.8 Å². The lowest BCUT2D eigenvalue weighted by molar-refractivity contribution is 0.393. The van der Waals surface area contributed by atoms with E-state index < -0.39 is 0 Å². The van der Waals surface area contributed by atoms with Crippen LogP contribution in [-0.2, 0) is 0 Å². The van der Waals surface area contributed by atoms with Gasteiger partial charge in [0.05, 0.1) is 0 Å². The molecule has 66 valence electrons. The molecule has 0 spiro atoms. The fraction of sp³-hybridized carbons (Fsp3) is 1.00. The molecule has 3 unspecified atom stereocenters. The molecule has 0 saturated heterocycles. The molecule has 0 aliphatic heterocycles. The fourth-order valence-corrected chi connectivity index (χ4v) is 2.06. The summed E-state index contributed by atoms with van der Waals surface area (Å²) < 4.78 is 0. The maximum absolute atomic E-state index is 3.23. The van der Waals surface area contributed by atoms with Gasteiger partial charge in [-0.1, -0.05) is 20.3 Å². The first kappa shape index (κ1) is 9.05. The maximum atomic E-state index is 3.23. The van der Waals surface area contributed by atoms with Gasteiger partial charge in [0.25, 0.3) is 0 Å². The summed E-state index contributed by atoms with van der Waals surface area (Å²) in [5, 5.41) is 3.23. The Labute approximate surface area is 70.6 Å². The maximum Gasteiger partial charge on any atom is -0.00492 e. The summed E-state index contributed by atoms with van der Waals surface area (Å²) in [5.41, 5.74) is 0. The molecule has 1 aliphatic carbocycles. The molecule has 0 aromatic carbocycles. The van der Waals surface area contributed by atoms with Gasteiger partial charge in [-0.15, -0.1) is 0 Å². The highest BCUT2D eigenvalue weighted by Crippen LogP contribution is 2.46. The Hall–Kier alpha value is -0.0400. The molecule has 0 amide bonds. The minimum Gasteiger partial charge on any atom is -0.320 e. The summed E-state index contributed by atoms with van der Waals surface area (Å²) in [7, 11) is 2.04. The summed E-state index contributed by atoms with van der Waals surface area (Å²) in [4.78, 5) is 0. The van der Waals surface area contributed by atoms with Gasteiger partial charge in [-0.05, 0) is 44.2 Å². The van der Waals surface area contributed by atoms with E-state index in [9.17, 15) is 0 Å². The van der Waals surface area contributed by atoms with E-state index in [-0.39, 0.29) is 0 Å². The minimum atomic E-state index is 0.998. The fourth-order valence-electron chi connectivity index (χ4n) is 2.06. The molecular formula is C10H21N. The van der Waals surface area contributed by atoms with Gasteiger partial charge in [-0.25, -0.2) is 0 Å². The monoisotopic (exact) mass is 155 g/mol. The van der Waals surface area contributed by atoms with Gasteiger partial charge in [-0.2, -0.15) is 0 Å². The standard InChI is InChI=1S/C10H21N/c1-4-9(5-6-11-3)10-7-8(10)2/h8-11H,4-7H2,1-3H3. The number of rotatable bonds is 5. The highest BCUT2D eigenvalue weighted by Gasteiger charge is 2.37. The van der Waals surface area contributed by atoms with Gasteiger partial charge < -0.3 is 5.32 Å². The topological polar surface area (TPSA) is 12.0 Å². The van der Waals surface area contributed by atoms with Crippen molar-refractivity contribution < 1.29 is 0 Å². The lowest BCUT2D eigenvalue weighted by Gasteiger charge is -2.13. The molecule has 1 heteroatoms. The van der Waals surface area contributed by atoms with Gasteiger partial charge in [-0.3, -0.25) is 0 Å². The molecule has 0 aromatic heterocycles. The SMILES string of the molecule is CCC(CCNC)C1CC1C. The van der Waals surface area contributed by atoms with Crippen LogP contribution in [0.2, 0.25) is 0 Å². The van der Waals surface area contributed by atoms with Crippen molar-refractivity contribution in [3.8, 4) is 0 Å². The summed E-state index contributed by atoms with van der Waals surface area (Å²) in [6.45, 7) is 5.90. The zero-order valence-electron chi connectivity index (χ0n) is 8.06. The average Bonchev–Trinajstić information content (AvgIpc) is 2.69. The molecule has 0 aromatic rings. The normalized spacial score (nSPS) is 31.9. The summed E-state index contributed by atoms with van der Waals surface area (Å²) >= 11 is 0. The van der Waals surface area contributed by atoms with Crippen LogP contribution in [0.25, 0.3) is 0 Å². The molecule has 1 rings (SSSR count). The summed E-state index contributed by atoms with van der Waals surface area (Å²) in [6, 6.07) is 0. The number of hydrogen-bond donors (Lipinski definition) is 1. The Morgan fingerprint density at radius 3 is 2.55 bits per heavy atom. The molecule has 1 aliphatic rings. The third-order valence-corrected chi connectivity index (χ3v) is 3.07. The van der Waals surface area contributed by atoms with Crippen molar-refractivity contribution in [2.24, 2.45) is 17.8 Å². The molecule has 1 fully saturated rings. The molecule has 11 heavy (non-hydrogen) atoms. The van der Waals surface area contributed by atoms with Crippen molar-refractivity contribution in [2.45, 2.75) is 33.1 Å². The quantitative estimate of drug-likeness (QED) is 0.642. The lowest BCUT2D eigenvalue weighted by atomic mass is 9.95. The molecule has 0 heterocycles. The van der Waals surface area contributed by atoms with Crippen LogP contribution in [0.3, 0.4) is 0 Å². The van der Waals surface area contributed by atoms with Crippen molar-refractivity contribution in [2.75, 3.05) is 13.6 Å². The largest absolute Gasteiger partial charge is 0.320 e. The molecule has 1 nitrogen and oxygen atoms in total. The second kappa shape index (κ2) is 4.10. The van der Waals surface area contributed by atoms with Crippen LogP contribution in [0.15, 0.2) is 0 Å². The van der Waals surface area contributed by atoms with Crippen LogP contribution in [0.1, 0.15) is 33.1 Å². The van der Waals surface area contributed by atoms with E-state index in [1.165, 1.54) is 25.8 Å². The molecule has 1 N–H and O–H groups in total. The second-order valence-electron chi connectivity index (χ2n) is 3.94. The van der Waals surface area contributed by atoms with Gasteiger partial charge in [0.2, 0.25) is 0 Å². The number of nitrogens with one attached hydrogen (secondary N) is 1. The summed E-state index contributed by atoms with van der Waals surface area (Å²) in [5.74, 6) is 3.09. The molecule has 0 bridgehead atoms. The Morgan fingerprint density at radius 2 is 2.18 bits per heavy atom.